The lowest BCUT2D eigenvalue weighted by Crippen LogP contribution is -2.70. The number of carbonyl (C=O) groups excluding carboxylic acids is 4. The van der Waals surface area contributed by atoms with Gasteiger partial charge in [-0.05, 0) is 49.2 Å². The van der Waals surface area contributed by atoms with E-state index in [2.05, 4.69) is 5.32 Å². The molecule has 0 aromatic heterocycles. The van der Waals surface area contributed by atoms with Crippen molar-refractivity contribution in [3.8, 4) is 0 Å². The molecule has 3 aromatic rings. The summed E-state index contributed by atoms with van der Waals surface area (Å²) >= 11 is 0. The number of nitrogens with zero attached hydrogens (tertiary/aromatic N) is 2. The van der Waals surface area contributed by atoms with Crippen LogP contribution in [-0.2, 0) is 19.1 Å². The molecular weight excluding hydrogens is 470 g/mol. The van der Waals surface area contributed by atoms with Gasteiger partial charge in [0.25, 0.3) is 11.8 Å². The van der Waals surface area contributed by atoms with Crippen LogP contribution in [0.3, 0.4) is 0 Å². The Kier molecular flexibility index (Phi) is 6.19. The molecule has 8 nitrogen and oxygen atoms in total. The number of esters is 1. The van der Waals surface area contributed by atoms with Crippen molar-refractivity contribution in [3.05, 3.63) is 77.9 Å². The molecule has 190 valence electrons. The zero-order chi connectivity index (χ0) is 26.3. The SMILES string of the molecule is CC(NC(=O)COC(=O)C12CCC(=O)N1c1ccccc1C(=O)N2C(C)C)c1cccc2ccccc12. The van der Waals surface area contributed by atoms with Crippen LogP contribution in [0.2, 0.25) is 0 Å². The second kappa shape index (κ2) is 9.35. The quantitative estimate of drug-likeness (QED) is 0.518. The van der Waals surface area contributed by atoms with Crippen molar-refractivity contribution in [3.63, 3.8) is 0 Å². The Balaban J connectivity index is 1.37. The molecule has 0 spiro atoms. The lowest BCUT2D eigenvalue weighted by molar-refractivity contribution is -0.161. The Bertz CT molecular complexity index is 1410. The van der Waals surface area contributed by atoms with Gasteiger partial charge in [0.15, 0.2) is 6.61 Å². The second-order valence-electron chi connectivity index (χ2n) is 9.77. The Morgan fingerprint density at radius 2 is 1.68 bits per heavy atom. The van der Waals surface area contributed by atoms with Crippen molar-refractivity contribution in [2.24, 2.45) is 0 Å². The molecule has 3 amide bonds. The minimum Gasteiger partial charge on any atom is -0.452 e. The summed E-state index contributed by atoms with van der Waals surface area (Å²) < 4.78 is 5.53. The number of carbonyl (C=O) groups is 4. The smallest absolute Gasteiger partial charge is 0.354 e. The third-order valence-corrected chi connectivity index (χ3v) is 7.14. The monoisotopic (exact) mass is 499 g/mol. The van der Waals surface area contributed by atoms with Crippen molar-refractivity contribution in [2.75, 3.05) is 11.5 Å². The number of amides is 3. The number of hydrogen-bond acceptors (Lipinski definition) is 5. The first-order valence-electron chi connectivity index (χ1n) is 12.5. The molecule has 2 aliphatic heterocycles. The number of fused-ring (bicyclic) bond motifs is 4. The summed E-state index contributed by atoms with van der Waals surface area (Å²) in [4.78, 5) is 55.8. The molecular formula is C29H29N3O5. The van der Waals surface area contributed by atoms with E-state index in [-0.39, 0.29) is 36.7 Å². The van der Waals surface area contributed by atoms with Crippen LogP contribution in [0.5, 0.6) is 0 Å². The number of rotatable bonds is 6. The second-order valence-corrected chi connectivity index (χ2v) is 9.77. The molecule has 0 radical (unpaired) electrons. The molecule has 2 unspecified atom stereocenters. The van der Waals surface area contributed by atoms with Crippen molar-refractivity contribution in [1.29, 1.82) is 0 Å². The molecule has 2 atom stereocenters. The van der Waals surface area contributed by atoms with Gasteiger partial charge in [-0.25, -0.2) is 4.79 Å². The highest BCUT2D eigenvalue weighted by atomic mass is 16.5. The summed E-state index contributed by atoms with van der Waals surface area (Å²) in [6.45, 7) is 4.93. The highest BCUT2D eigenvalue weighted by molar-refractivity contribution is 6.15. The molecule has 1 N–H and O–H groups in total. The fraction of sp³-hybridized carbons (Fsp3) is 0.310. The van der Waals surface area contributed by atoms with Gasteiger partial charge in [-0.3, -0.25) is 19.3 Å². The van der Waals surface area contributed by atoms with Gasteiger partial charge in [-0.15, -0.1) is 0 Å². The first-order chi connectivity index (χ1) is 17.8. The van der Waals surface area contributed by atoms with Crippen LogP contribution >= 0.6 is 0 Å². The molecule has 2 aliphatic rings. The summed E-state index contributed by atoms with van der Waals surface area (Å²) in [5, 5.41) is 4.99. The Hall–Kier alpha value is -4.20. The summed E-state index contributed by atoms with van der Waals surface area (Å²) in [6.07, 6.45) is 0.182. The molecule has 5 rings (SSSR count). The lowest BCUT2D eigenvalue weighted by atomic mass is 9.95. The maximum Gasteiger partial charge on any atom is 0.354 e. The van der Waals surface area contributed by atoms with E-state index >= 15 is 0 Å². The van der Waals surface area contributed by atoms with Crippen LogP contribution in [0.25, 0.3) is 10.8 Å². The predicted molar refractivity (Wildman–Crippen MR) is 139 cm³/mol. The molecule has 37 heavy (non-hydrogen) atoms. The topological polar surface area (TPSA) is 96.0 Å². The van der Waals surface area contributed by atoms with Crippen LogP contribution in [0.15, 0.2) is 66.7 Å². The molecule has 1 saturated heterocycles. The lowest BCUT2D eigenvalue weighted by Gasteiger charge is -2.50. The zero-order valence-corrected chi connectivity index (χ0v) is 21.1. The normalized spacial score (nSPS) is 19.6. The van der Waals surface area contributed by atoms with Crippen LogP contribution in [0.4, 0.5) is 5.69 Å². The fourth-order valence-electron chi connectivity index (χ4n) is 5.61. The number of anilines is 1. The number of nitrogens with one attached hydrogen (secondary N) is 1. The van der Waals surface area contributed by atoms with Crippen molar-refractivity contribution in [1.82, 2.24) is 10.2 Å². The van der Waals surface area contributed by atoms with E-state index in [0.29, 0.717) is 11.3 Å². The van der Waals surface area contributed by atoms with Crippen LogP contribution in [0.1, 0.15) is 55.6 Å². The molecule has 3 aromatic carbocycles. The van der Waals surface area contributed by atoms with Gasteiger partial charge in [-0.1, -0.05) is 54.6 Å². The molecule has 1 fully saturated rings. The first-order valence-corrected chi connectivity index (χ1v) is 12.5. The largest absolute Gasteiger partial charge is 0.452 e. The van der Waals surface area contributed by atoms with E-state index in [1.54, 1.807) is 38.1 Å². The maximum atomic E-state index is 13.7. The molecule has 0 aliphatic carbocycles. The third-order valence-electron chi connectivity index (χ3n) is 7.14. The third kappa shape index (κ3) is 3.93. The highest BCUT2D eigenvalue weighted by Crippen LogP contribution is 2.46. The summed E-state index contributed by atoms with van der Waals surface area (Å²) in [5.74, 6) is -1.87. The average molecular weight is 500 g/mol. The van der Waals surface area contributed by atoms with Gasteiger partial charge in [0.05, 0.1) is 17.3 Å². The number of ether oxygens (including phenoxy) is 1. The van der Waals surface area contributed by atoms with E-state index < -0.39 is 24.1 Å². The van der Waals surface area contributed by atoms with E-state index in [1.807, 2.05) is 49.4 Å². The van der Waals surface area contributed by atoms with Gasteiger partial charge >= 0.3 is 5.97 Å². The Labute approximate surface area is 215 Å². The van der Waals surface area contributed by atoms with Gasteiger partial charge in [0.2, 0.25) is 11.6 Å². The maximum absolute atomic E-state index is 13.7. The van der Waals surface area contributed by atoms with Gasteiger partial charge in [-0.2, -0.15) is 0 Å². The van der Waals surface area contributed by atoms with E-state index in [1.165, 1.54) is 9.80 Å². The molecule has 0 bridgehead atoms. The van der Waals surface area contributed by atoms with Crippen LogP contribution < -0.4 is 10.2 Å². The van der Waals surface area contributed by atoms with E-state index in [0.717, 1.165) is 16.3 Å². The van der Waals surface area contributed by atoms with Crippen molar-refractivity contribution >= 4 is 40.2 Å². The van der Waals surface area contributed by atoms with Gasteiger partial charge < -0.3 is 15.0 Å². The minimum absolute atomic E-state index is 0.0875. The standard InChI is InChI=1S/C29H29N3O5/c1-18(2)31-27(35)23-12-6-7-14-24(23)32-26(34)15-16-29(31,32)28(36)37-17-25(33)30-19(3)21-13-8-10-20-9-4-5-11-22(20)21/h4-14,18-19H,15-17H2,1-3H3,(H,30,33). The van der Waals surface area contributed by atoms with E-state index in [4.69, 9.17) is 4.74 Å². The Morgan fingerprint density at radius 3 is 2.46 bits per heavy atom. The zero-order valence-electron chi connectivity index (χ0n) is 21.1. The fourth-order valence-corrected chi connectivity index (χ4v) is 5.61. The minimum atomic E-state index is -1.63. The van der Waals surface area contributed by atoms with Crippen molar-refractivity contribution in [2.45, 2.75) is 51.4 Å². The first kappa shape index (κ1) is 24.5. The van der Waals surface area contributed by atoms with Gasteiger partial charge in [0, 0.05) is 18.9 Å². The average Bonchev–Trinajstić information content (AvgIpc) is 3.24. The number of hydrogen-bond donors (Lipinski definition) is 1. The van der Waals surface area contributed by atoms with Crippen molar-refractivity contribution < 1.29 is 23.9 Å². The highest BCUT2D eigenvalue weighted by Gasteiger charge is 2.62. The van der Waals surface area contributed by atoms with Crippen LogP contribution in [0, 0.1) is 0 Å². The molecule has 8 heteroatoms. The molecule has 2 heterocycles. The van der Waals surface area contributed by atoms with Crippen LogP contribution in [-0.4, -0.2) is 46.9 Å². The van der Waals surface area contributed by atoms with E-state index in [9.17, 15) is 19.2 Å². The number of benzene rings is 3. The van der Waals surface area contributed by atoms with Gasteiger partial charge in [0.1, 0.15) is 0 Å². The predicted octanol–water partition coefficient (Wildman–Crippen LogP) is 3.95. The number of para-hydroxylation sites is 1. The summed E-state index contributed by atoms with van der Waals surface area (Å²) in [5.41, 5.74) is 0.0666. The Morgan fingerprint density at radius 1 is 0.973 bits per heavy atom. The summed E-state index contributed by atoms with van der Waals surface area (Å²) in [7, 11) is 0. The molecule has 0 saturated carbocycles. The summed E-state index contributed by atoms with van der Waals surface area (Å²) in [6, 6.07) is 19.8.